The van der Waals surface area contributed by atoms with Crippen molar-refractivity contribution in [3.63, 3.8) is 0 Å². The molecule has 2 aromatic heterocycles. The summed E-state index contributed by atoms with van der Waals surface area (Å²) in [6, 6.07) is 3.74. The van der Waals surface area contributed by atoms with Gasteiger partial charge in [-0.15, -0.1) is 0 Å². The van der Waals surface area contributed by atoms with Gasteiger partial charge in [0, 0.05) is 29.1 Å². The van der Waals surface area contributed by atoms with E-state index in [1.165, 1.54) is 11.6 Å². The molecule has 1 fully saturated rings. The predicted octanol–water partition coefficient (Wildman–Crippen LogP) is 1.38. The van der Waals surface area contributed by atoms with Crippen molar-refractivity contribution in [2.45, 2.75) is 31.0 Å². The molecule has 1 saturated heterocycles. The average Bonchev–Trinajstić information content (AvgIpc) is 3.27. The van der Waals surface area contributed by atoms with Gasteiger partial charge in [-0.1, -0.05) is 24.3 Å². The second-order valence-electron chi connectivity index (χ2n) is 8.96. The predicted molar refractivity (Wildman–Crippen MR) is 133 cm³/mol. The Hall–Kier alpha value is -2.07. The molecule has 1 aromatic carbocycles. The van der Waals surface area contributed by atoms with Crippen molar-refractivity contribution in [1.29, 1.82) is 0 Å². The Bertz CT molecular complexity index is 1620. The SMILES string of the molecule is C[C@@]1(O)[C@H](O)[C@@H](COP(=O)(O)OP(=O)(O)OP(=O)(O)O)O[C@H]1n1cc2ccc3c4c(ncc(n1)c23)NCC=C4. The van der Waals surface area contributed by atoms with Crippen molar-refractivity contribution in [3.8, 4) is 0 Å². The molecule has 39 heavy (non-hydrogen) atoms. The zero-order chi connectivity index (χ0) is 28.4. The van der Waals surface area contributed by atoms with Gasteiger partial charge in [0.1, 0.15) is 29.1 Å². The van der Waals surface area contributed by atoms with Crippen LogP contribution >= 0.6 is 23.5 Å². The van der Waals surface area contributed by atoms with E-state index >= 15 is 0 Å². The molecule has 3 aromatic rings. The number of phosphoric acid groups is 3. The van der Waals surface area contributed by atoms with Gasteiger partial charge in [-0.05, 0) is 12.3 Å². The molecule has 2 aliphatic heterocycles. The highest BCUT2D eigenvalue weighted by atomic mass is 31.3. The van der Waals surface area contributed by atoms with E-state index in [9.17, 15) is 33.7 Å². The zero-order valence-corrected chi connectivity index (χ0v) is 22.5. The van der Waals surface area contributed by atoms with Crippen LogP contribution in [0.5, 0.6) is 0 Å². The van der Waals surface area contributed by atoms with Crippen LogP contribution in [0.25, 0.3) is 27.8 Å². The van der Waals surface area contributed by atoms with Gasteiger partial charge in [0.2, 0.25) is 0 Å². The van der Waals surface area contributed by atoms with Gasteiger partial charge >= 0.3 is 23.5 Å². The van der Waals surface area contributed by atoms with Crippen LogP contribution in [0, 0.1) is 0 Å². The average molecular weight is 608 g/mol. The van der Waals surface area contributed by atoms with Crippen molar-refractivity contribution in [3.05, 3.63) is 36.2 Å². The Kier molecular flexibility index (Phi) is 7.14. The number of aliphatic hydroxyl groups is 2. The van der Waals surface area contributed by atoms with Gasteiger partial charge in [0.05, 0.1) is 12.8 Å². The first kappa shape index (κ1) is 28.5. The van der Waals surface area contributed by atoms with E-state index in [0.717, 1.165) is 21.7 Å². The fourth-order valence-electron chi connectivity index (χ4n) is 4.47. The zero-order valence-electron chi connectivity index (χ0n) is 19.8. The van der Waals surface area contributed by atoms with Crippen LogP contribution in [0.2, 0.25) is 0 Å². The number of nitrogens with zero attached hydrogens (tertiary/aromatic N) is 3. The lowest BCUT2D eigenvalue weighted by Crippen LogP contribution is -2.44. The van der Waals surface area contributed by atoms with E-state index in [4.69, 9.17) is 14.5 Å². The molecule has 2 aliphatic rings. The van der Waals surface area contributed by atoms with Gasteiger partial charge in [0.15, 0.2) is 6.23 Å². The van der Waals surface area contributed by atoms with E-state index < -0.39 is 54.1 Å². The fraction of sp³-hybridized carbons (Fsp3) is 0.368. The summed E-state index contributed by atoms with van der Waals surface area (Å²) < 4.78 is 53.2. The van der Waals surface area contributed by atoms with Crippen molar-refractivity contribution in [2.75, 3.05) is 18.5 Å². The number of rotatable bonds is 8. The van der Waals surface area contributed by atoms with Crippen LogP contribution in [-0.4, -0.2) is 75.5 Å². The topological polar surface area (TPSA) is 252 Å². The first-order valence-electron chi connectivity index (χ1n) is 11.1. The molecular formula is C19H23N4O13P3. The first-order valence-corrected chi connectivity index (χ1v) is 15.6. The third-order valence-electron chi connectivity index (χ3n) is 6.08. The molecule has 0 spiro atoms. The molecule has 6 atom stereocenters. The quantitative estimate of drug-likeness (QED) is 0.178. The maximum Gasteiger partial charge on any atom is 0.490 e. The fourth-order valence-corrected chi connectivity index (χ4v) is 7.50. The Morgan fingerprint density at radius 1 is 1.18 bits per heavy atom. The van der Waals surface area contributed by atoms with Crippen molar-refractivity contribution < 1.29 is 61.4 Å². The Labute approximate surface area is 219 Å². The molecule has 4 heterocycles. The third kappa shape index (κ3) is 5.73. The summed E-state index contributed by atoms with van der Waals surface area (Å²) in [5, 5.41) is 31.9. The van der Waals surface area contributed by atoms with Gasteiger partial charge in [-0.2, -0.15) is 13.7 Å². The summed E-state index contributed by atoms with van der Waals surface area (Å²) >= 11 is 0. The number of hydrogen-bond acceptors (Lipinski definition) is 12. The molecule has 0 radical (unpaired) electrons. The number of phosphoric ester groups is 1. The second kappa shape index (κ2) is 9.79. The largest absolute Gasteiger partial charge is 0.490 e. The Balaban J connectivity index is 1.39. The molecule has 0 aliphatic carbocycles. The number of nitrogens with one attached hydrogen (secondary N) is 1. The molecular weight excluding hydrogens is 585 g/mol. The first-order chi connectivity index (χ1) is 18.1. The number of fused-ring (bicyclic) bond motifs is 2. The monoisotopic (exact) mass is 608 g/mol. The molecule has 0 bridgehead atoms. The van der Waals surface area contributed by atoms with E-state index in [-0.39, 0.29) is 0 Å². The smallest absolute Gasteiger partial charge is 0.387 e. The van der Waals surface area contributed by atoms with E-state index in [2.05, 4.69) is 28.5 Å². The highest BCUT2D eigenvalue weighted by molar-refractivity contribution is 7.66. The van der Waals surface area contributed by atoms with Gasteiger partial charge in [-0.25, -0.2) is 23.4 Å². The lowest BCUT2D eigenvalue weighted by molar-refractivity contribution is -0.102. The molecule has 17 nitrogen and oxygen atoms in total. The van der Waals surface area contributed by atoms with Crippen LogP contribution < -0.4 is 5.32 Å². The van der Waals surface area contributed by atoms with Crippen LogP contribution in [-0.2, 0) is 31.6 Å². The second-order valence-corrected chi connectivity index (χ2v) is 13.4. The van der Waals surface area contributed by atoms with Crippen molar-refractivity contribution in [2.24, 2.45) is 0 Å². The third-order valence-corrected chi connectivity index (χ3v) is 9.89. The number of aromatic nitrogens is 3. The summed E-state index contributed by atoms with van der Waals surface area (Å²) in [6.07, 6.45) is 2.51. The lowest BCUT2D eigenvalue weighted by Gasteiger charge is -2.27. The highest BCUT2D eigenvalue weighted by Crippen LogP contribution is 2.66. The standard InChI is InChI=1S/C19H23N4O13P3/c1-19(25)16(24)14(9-33-38(29,30)36-39(31,32)35-37(26,27)28)34-18(19)23-8-10-4-5-11-12-3-2-6-20-17(12)21-7-13(22-23)15(10)11/h2-5,7-8,14,16,18,20,24-25H,6,9H2,1H3,(H,29,30)(H,31,32)(H2,26,27,28)/t14-,16-,18-,19-/m1/s1. The molecule has 0 saturated carbocycles. The van der Waals surface area contributed by atoms with E-state index in [1.807, 2.05) is 24.3 Å². The Morgan fingerprint density at radius 3 is 2.64 bits per heavy atom. The molecule has 0 amide bonds. The van der Waals surface area contributed by atoms with Gasteiger partial charge < -0.3 is 39.8 Å². The van der Waals surface area contributed by atoms with Gasteiger partial charge in [0.25, 0.3) is 0 Å². The van der Waals surface area contributed by atoms with Crippen molar-refractivity contribution in [1.82, 2.24) is 14.8 Å². The molecule has 212 valence electrons. The van der Waals surface area contributed by atoms with Crippen LogP contribution in [0.4, 0.5) is 5.82 Å². The number of anilines is 1. The summed E-state index contributed by atoms with van der Waals surface area (Å²) in [6.45, 7) is 0.898. The summed E-state index contributed by atoms with van der Waals surface area (Å²) in [5.41, 5.74) is -0.680. The van der Waals surface area contributed by atoms with Gasteiger partial charge in [-0.3, -0.25) is 4.52 Å². The highest BCUT2D eigenvalue weighted by Gasteiger charge is 2.54. The van der Waals surface area contributed by atoms with Crippen LogP contribution in [0.3, 0.4) is 0 Å². The molecule has 20 heteroatoms. The summed E-state index contributed by atoms with van der Waals surface area (Å²) in [4.78, 5) is 40.7. The Morgan fingerprint density at radius 2 is 1.92 bits per heavy atom. The maximum absolute atomic E-state index is 12.1. The number of aliphatic hydroxyl groups excluding tert-OH is 1. The number of ether oxygens (including phenoxy) is 1. The van der Waals surface area contributed by atoms with E-state index in [0.29, 0.717) is 17.9 Å². The van der Waals surface area contributed by atoms with E-state index in [1.54, 1.807) is 12.4 Å². The molecule has 7 N–H and O–H groups in total. The molecule has 2 unspecified atom stereocenters. The maximum atomic E-state index is 12.1. The summed E-state index contributed by atoms with van der Waals surface area (Å²) in [5.74, 6) is 0.667. The molecule has 5 rings (SSSR count). The van der Waals surface area contributed by atoms with Crippen LogP contribution in [0.15, 0.2) is 30.6 Å². The summed E-state index contributed by atoms with van der Waals surface area (Å²) in [7, 11) is -16.8. The minimum Gasteiger partial charge on any atom is -0.387 e. The normalized spacial score (nSPS) is 28.2. The van der Waals surface area contributed by atoms with Crippen LogP contribution in [0.1, 0.15) is 18.7 Å². The number of hydrogen-bond donors (Lipinski definition) is 7. The minimum absolute atomic E-state index is 0.447. The lowest BCUT2D eigenvalue weighted by atomic mass is 9.97. The minimum atomic E-state index is -5.73. The van der Waals surface area contributed by atoms with Crippen molar-refractivity contribution >= 4 is 57.0 Å².